The average Bonchev–Trinajstić information content (AvgIpc) is 3.10. The number of nitrogens with one attached hydrogen (secondary N) is 1. The molecule has 0 aliphatic carbocycles. The molecule has 0 bridgehead atoms. The largest absolute Gasteiger partial charge is 0.354 e. The van der Waals surface area contributed by atoms with Crippen LogP contribution >= 0.6 is 24.0 Å². The van der Waals surface area contributed by atoms with E-state index in [1.54, 1.807) is 0 Å². The van der Waals surface area contributed by atoms with Gasteiger partial charge in [-0.3, -0.25) is 9.67 Å². The third kappa shape index (κ3) is 6.55. The summed E-state index contributed by atoms with van der Waals surface area (Å²) >= 11 is 0. The molecule has 1 fully saturated rings. The van der Waals surface area contributed by atoms with Crippen LogP contribution in [0.5, 0.6) is 0 Å². The van der Waals surface area contributed by atoms with Crippen LogP contribution in [0.4, 0.5) is 5.82 Å². The number of hydrogen-bond acceptors (Lipinski definition) is 5. The van der Waals surface area contributed by atoms with Crippen molar-refractivity contribution >= 4 is 35.8 Å². The molecule has 2 aromatic heterocycles. The Bertz CT molecular complexity index is 855. The minimum Gasteiger partial charge on any atom is -0.354 e. The van der Waals surface area contributed by atoms with Crippen LogP contribution in [0.1, 0.15) is 36.6 Å². The van der Waals surface area contributed by atoms with Gasteiger partial charge in [-0.25, -0.2) is 4.98 Å². The molecule has 1 saturated heterocycles. The maximum Gasteiger partial charge on any atom is 0.193 e. The predicted molar refractivity (Wildman–Crippen MR) is 138 cm³/mol. The number of hydrogen-bond donors (Lipinski definition) is 1. The van der Waals surface area contributed by atoms with Gasteiger partial charge in [0.1, 0.15) is 5.82 Å². The lowest BCUT2D eigenvalue weighted by atomic mass is 10.1. The van der Waals surface area contributed by atoms with Crippen LogP contribution in [0.2, 0.25) is 0 Å². The van der Waals surface area contributed by atoms with Crippen molar-refractivity contribution in [3.63, 3.8) is 0 Å². The molecule has 0 radical (unpaired) electrons. The molecule has 1 N–H and O–H groups in total. The van der Waals surface area contributed by atoms with Crippen LogP contribution in [-0.4, -0.2) is 77.8 Å². The molecule has 31 heavy (non-hydrogen) atoms. The van der Waals surface area contributed by atoms with Crippen molar-refractivity contribution in [1.82, 2.24) is 29.9 Å². The lowest BCUT2D eigenvalue weighted by Gasteiger charge is -2.34. The first-order valence-corrected chi connectivity index (χ1v) is 10.7. The van der Waals surface area contributed by atoms with Gasteiger partial charge in [-0.05, 0) is 19.0 Å². The van der Waals surface area contributed by atoms with E-state index < -0.39 is 0 Å². The normalized spacial score (nSPS) is 15.2. The monoisotopic (exact) mass is 540 g/mol. The molecule has 3 heterocycles. The minimum atomic E-state index is 0. The molecule has 172 valence electrons. The molecule has 0 saturated carbocycles. The van der Waals surface area contributed by atoms with Gasteiger partial charge in [0, 0.05) is 83.9 Å². The van der Waals surface area contributed by atoms with Crippen LogP contribution in [-0.2, 0) is 20.1 Å². The number of aryl methyl sites for hydroxylation is 1. The van der Waals surface area contributed by atoms with Gasteiger partial charge in [-0.1, -0.05) is 19.9 Å². The summed E-state index contributed by atoms with van der Waals surface area (Å²) in [6, 6.07) is 4.16. The number of nitrogens with zero attached hydrogens (tertiary/aromatic N) is 7. The molecule has 3 rings (SSSR count). The van der Waals surface area contributed by atoms with Gasteiger partial charge in [0.05, 0.1) is 5.69 Å². The van der Waals surface area contributed by atoms with E-state index >= 15 is 0 Å². The zero-order valence-corrected chi connectivity index (χ0v) is 22.0. The van der Waals surface area contributed by atoms with Crippen LogP contribution in [0.3, 0.4) is 0 Å². The summed E-state index contributed by atoms with van der Waals surface area (Å²) in [5.41, 5.74) is 3.57. The summed E-state index contributed by atoms with van der Waals surface area (Å²) in [5, 5.41) is 8.14. The lowest BCUT2D eigenvalue weighted by Crippen LogP contribution is -2.45. The highest BCUT2D eigenvalue weighted by Crippen LogP contribution is 2.20. The van der Waals surface area contributed by atoms with Crippen molar-refractivity contribution in [3.8, 4) is 0 Å². The summed E-state index contributed by atoms with van der Waals surface area (Å²) in [4.78, 5) is 16.1. The molecule has 0 aromatic carbocycles. The number of halogens is 1. The molecule has 1 aliphatic rings. The Morgan fingerprint density at radius 2 is 1.90 bits per heavy atom. The van der Waals surface area contributed by atoms with Gasteiger partial charge in [0.2, 0.25) is 0 Å². The number of rotatable bonds is 6. The Labute approximate surface area is 203 Å². The molecular formula is C22H37IN8. The number of piperazine rings is 1. The summed E-state index contributed by atoms with van der Waals surface area (Å²) in [6.07, 6.45) is 3.99. The Morgan fingerprint density at radius 3 is 2.55 bits per heavy atom. The van der Waals surface area contributed by atoms with E-state index in [9.17, 15) is 0 Å². The van der Waals surface area contributed by atoms with Gasteiger partial charge in [0.25, 0.3) is 0 Å². The highest BCUT2D eigenvalue weighted by Gasteiger charge is 2.19. The fraction of sp³-hybridized carbons (Fsp3) is 0.591. The van der Waals surface area contributed by atoms with Crippen molar-refractivity contribution in [2.24, 2.45) is 12.0 Å². The van der Waals surface area contributed by atoms with Crippen LogP contribution in [0.15, 0.2) is 29.5 Å². The molecule has 2 aromatic rings. The van der Waals surface area contributed by atoms with E-state index in [0.717, 1.165) is 50.2 Å². The summed E-state index contributed by atoms with van der Waals surface area (Å²) in [7, 11) is 8.04. The SMILES string of the molecule is CN=C(NCc1cccnc1N1CCN(C)CC1)N(C)Cc1cn(C)nc1C(C)C.I. The van der Waals surface area contributed by atoms with E-state index in [-0.39, 0.29) is 24.0 Å². The number of aliphatic imine (C=N–C) groups is 1. The standard InChI is InChI=1S/C22H36N8.HI/c1-17(2)20-19(16-29(6)26-20)15-28(5)22(23-3)25-14-18-8-7-9-24-21(18)30-12-10-27(4)11-13-30;/h7-9,16-17H,10-15H2,1-6H3,(H,23,25);1H. The number of anilines is 1. The van der Waals surface area contributed by atoms with Gasteiger partial charge in [0.15, 0.2) is 5.96 Å². The van der Waals surface area contributed by atoms with Crippen molar-refractivity contribution in [2.45, 2.75) is 32.9 Å². The van der Waals surface area contributed by atoms with Crippen LogP contribution < -0.4 is 10.2 Å². The third-order valence-corrected chi connectivity index (χ3v) is 5.57. The Morgan fingerprint density at radius 1 is 1.19 bits per heavy atom. The molecule has 8 nitrogen and oxygen atoms in total. The topological polar surface area (TPSA) is 64.8 Å². The third-order valence-electron chi connectivity index (χ3n) is 5.57. The maximum atomic E-state index is 4.68. The summed E-state index contributed by atoms with van der Waals surface area (Å²) < 4.78 is 1.90. The van der Waals surface area contributed by atoms with Crippen molar-refractivity contribution in [2.75, 3.05) is 52.2 Å². The highest BCUT2D eigenvalue weighted by atomic mass is 127. The quantitative estimate of drug-likeness (QED) is 0.345. The minimum absolute atomic E-state index is 0. The zero-order chi connectivity index (χ0) is 21.7. The maximum absolute atomic E-state index is 4.68. The first-order chi connectivity index (χ1) is 14.4. The Hall–Kier alpha value is -1.88. The van der Waals surface area contributed by atoms with Crippen molar-refractivity contribution in [1.29, 1.82) is 0 Å². The van der Waals surface area contributed by atoms with Gasteiger partial charge < -0.3 is 20.0 Å². The van der Waals surface area contributed by atoms with E-state index in [4.69, 9.17) is 0 Å². The second kappa shape index (κ2) is 11.7. The smallest absolute Gasteiger partial charge is 0.193 e. The molecular weight excluding hydrogens is 503 g/mol. The van der Waals surface area contributed by atoms with E-state index in [1.807, 2.05) is 31.0 Å². The first kappa shape index (κ1) is 25.4. The number of guanidine groups is 1. The van der Waals surface area contributed by atoms with E-state index in [0.29, 0.717) is 12.5 Å². The second-order valence-corrected chi connectivity index (χ2v) is 8.40. The molecule has 9 heteroatoms. The Balaban J connectivity index is 0.00000341. The first-order valence-electron chi connectivity index (χ1n) is 10.7. The van der Waals surface area contributed by atoms with E-state index in [2.05, 4.69) is 75.3 Å². The van der Waals surface area contributed by atoms with Gasteiger partial charge >= 0.3 is 0 Å². The molecule has 0 unspecified atom stereocenters. The average molecular weight is 540 g/mol. The predicted octanol–water partition coefficient (Wildman–Crippen LogP) is 2.52. The summed E-state index contributed by atoms with van der Waals surface area (Å²) in [5.74, 6) is 2.33. The number of pyridine rings is 1. The fourth-order valence-electron chi connectivity index (χ4n) is 3.92. The lowest BCUT2D eigenvalue weighted by molar-refractivity contribution is 0.311. The van der Waals surface area contributed by atoms with Crippen molar-refractivity contribution < 1.29 is 0 Å². The molecule has 0 spiro atoms. The summed E-state index contributed by atoms with van der Waals surface area (Å²) in [6.45, 7) is 9.97. The zero-order valence-electron chi connectivity index (χ0n) is 19.7. The molecule has 0 atom stereocenters. The van der Waals surface area contributed by atoms with Crippen LogP contribution in [0.25, 0.3) is 0 Å². The van der Waals surface area contributed by atoms with Crippen molar-refractivity contribution in [3.05, 3.63) is 41.3 Å². The molecule has 1 aliphatic heterocycles. The number of aromatic nitrogens is 3. The number of likely N-dealkylation sites (N-methyl/N-ethyl adjacent to an activating group) is 1. The highest BCUT2D eigenvalue weighted by molar-refractivity contribution is 14.0. The van der Waals surface area contributed by atoms with Gasteiger partial charge in [-0.15, -0.1) is 24.0 Å². The Kier molecular flexibility index (Phi) is 9.54. The molecule has 0 amide bonds. The van der Waals surface area contributed by atoms with Gasteiger partial charge in [-0.2, -0.15) is 5.10 Å². The second-order valence-electron chi connectivity index (χ2n) is 8.40. The fourth-order valence-corrected chi connectivity index (χ4v) is 3.92. The van der Waals surface area contributed by atoms with Crippen LogP contribution in [0, 0.1) is 0 Å². The van der Waals surface area contributed by atoms with E-state index in [1.165, 1.54) is 11.1 Å².